The Morgan fingerprint density at radius 2 is 2.33 bits per heavy atom. The Hall–Kier alpha value is -1.55. The van der Waals surface area contributed by atoms with Crippen LogP contribution in [0.1, 0.15) is 29.9 Å². The second kappa shape index (κ2) is 4.61. The van der Waals surface area contributed by atoms with Crippen molar-refractivity contribution >= 4 is 5.91 Å². The molecule has 0 radical (unpaired) electrons. The summed E-state index contributed by atoms with van der Waals surface area (Å²) in [5, 5.41) is 3.17. The molecule has 96 valence electrons. The van der Waals surface area contributed by atoms with Crippen molar-refractivity contribution in [1.29, 1.82) is 0 Å². The number of amides is 1. The average Bonchev–Trinajstić information content (AvgIpc) is 2.87. The molecule has 0 aliphatic carbocycles. The number of para-hydroxylation sites is 1. The van der Waals surface area contributed by atoms with E-state index in [9.17, 15) is 4.79 Å². The van der Waals surface area contributed by atoms with Crippen LogP contribution in [-0.4, -0.2) is 25.1 Å². The molecule has 1 aromatic carbocycles. The van der Waals surface area contributed by atoms with Crippen molar-refractivity contribution < 1.29 is 9.53 Å². The first-order chi connectivity index (χ1) is 8.75. The number of nitrogens with two attached hydrogens (primary N) is 1. The molecule has 0 bridgehead atoms. The van der Waals surface area contributed by atoms with Gasteiger partial charge in [-0.2, -0.15) is 0 Å². The predicted octanol–water partition coefficient (Wildman–Crippen LogP) is 0.942. The number of piperidine rings is 1. The van der Waals surface area contributed by atoms with Gasteiger partial charge in [-0.3, -0.25) is 4.79 Å². The number of rotatable bonds is 2. The Labute approximate surface area is 107 Å². The molecule has 2 aliphatic rings. The van der Waals surface area contributed by atoms with Crippen LogP contribution in [0.15, 0.2) is 18.2 Å². The van der Waals surface area contributed by atoms with Gasteiger partial charge in [-0.05, 0) is 36.4 Å². The van der Waals surface area contributed by atoms with Gasteiger partial charge < -0.3 is 15.8 Å². The van der Waals surface area contributed by atoms with E-state index in [-0.39, 0.29) is 11.9 Å². The SMILES string of the molecule is NC(=O)C1CC(c2cccc3c2OCC3)CCN1. The third kappa shape index (κ3) is 1.97. The fraction of sp³-hybridized carbons (Fsp3) is 0.500. The first-order valence-corrected chi connectivity index (χ1v) is 6.53. The van der Waals surface area contributed by atoms with Crippen molar-refractivity contribution in [1.82, 2.24) is 5.32 Å². The number of carbonyl (C=O) groups excluding carboxylic acids is 1. The fourth-order valence-corrected chi connectivity index (χ4v) is 2.98. The molecular formula is C14H18N2O2. The van der Waals surface area contributed by atoms with Crippen LogP contribution in [0.3, 0.4) is 0 Å². The highest BCUT2D eigenvalue weighted by Crippen LogP contribution is 2.38. The molecule has 4 heteroatoms. The minimum absolute atomic E-state index is 0.207. The van der Waals surface area contributed by atoms with Crippen LogP contribution in [-0.2, 0) is 11.2 Å². The van der Waals surface area contributed by atoms with Crippen LogP contribution in [0.4, 0.5) is 0 Å². The van der Waals surface area contributed by atoms with E-state index < -0.39 is 0 Å². The highest BCUT2D eigenvalue weighted by Gasteiger charge is 2.29. The van der Waals surface area contributed by atoms with Gasteiger partial charge >= 0.3 is 0 Å². The normalized spacial score (nSPS) is 26.4. The fourth-order valence-electron chi connectivity index (χ4n) is 2.98. The van der Waals surface area contributed by atoms with Gasteiger partial charge in [-0.1, -0.05) is 18.2 Å². The van der Waals surface area contributed by atoms with Crippen molar-refractivity contribution in [2.24, 2.45) is 5.73 Å². The van der Waals surface area contributed by atoms with Crippen LogP contribution in [0, 0.1) is 0 Å². The van der Waals surface area contributed by atoms with E-state index in [1.807, 2.05) is 0 Å². The molecule has 1 aromatic rings. The molecule has 18 heavy (non-hydrogen) atoms. The summed E-state index contributed by atoms with van der Waals surface area (Å²) < 4.78 is 5.74. The molecule has 3 N–H and O–H groups in total. The van der Waals surface area contributed by atoms with Gasteiger partial charge in [0.05, 0.1) is 12.6 Å². The Morgan fingerprint density at radius 1 is 1.44 bits per heavy atom. The van der Waals surface area contributed by atoms with Gasteiger partial charge in [0, 0.05) is 6.42 Å². The number of hydrogen-bond acceptors (Lipinski definition) is 3. The van der Waals surface area contributed by atoms with E-state index in [2.05, 4.69) is 23.5 Å². The van der Waals surface area contributed by atoms with E-state index in [4.69, 9.17) is 10.5 Å². The van der Waals surface area contributed by atoms with Crippen LogP contribution >= 0.6 is 0 Å². The Bertz CT molecular complexity index is 473. The summed E-state index contributed by atoms with van der Waals surface area (Å²) in [6.07, 6.45) is 2.80. The summed E-state index contributed by atoms with van der Waals surface area (Å²) in [5.74, 6) is 1.16. The molecule has 3 rings (SSSR count). The van der Waals surface area contributed by atoms with Crippen LogP contribution in [0.25, 0.3) is 0 Å². The van der Waals surface area contributed by atoms with E-state index >= 15 is 0 Å². The predicted molar refractivity (Wildman–Crippen MR) is 68.6 cm³/mol. The van der Waals surface area contributed by atoms with Crippen molar-refractivity contribution in [2.45, 2.75) is 31.2 Å². The first-order valence-electron chi connectivity index (χ1n) is 6.53. The van der Waals surface area contributed by atoms with Crippen LogP contribution in [0.2, 0.25) is 0 Å². The molecule has 2 unspecified atom stereocenters. The van der Waals surface area contributed by atoms with Gasteiger partial charge in [0.1, 0.15) is 5.75 Å². The molecule has 0 spiro atoms. The molecule has 4 nitrogen and oxygen atoms in total. The molecule has 0 saturated carbocycles. The number of fused-ring (bicyclic) bond motifs is 1. The van der Waals surface area contributed by atoms with Gasteiger partial charge in [-0.25, -0.2) is 0 Å². The third-order valence-corrected chi connectivity index (χ3v) is 3.93. The van der Waals surface area contributed by atoms with Gasteiger partial charge in [0.15, 0.2) is 0 Å². The number of carbonyl (C=O) groups is 1. The summed E-state index contributed by atoms with van der Waals surface area (Å²) >= 11 is 0. The van der Waals surface area contributed by atoms with E-state index in [0.717, 1.165) is 38.2 Å². The summed E-state index contributed by atoms with van der Waals surface area (Å²) in [6, 6.07) is 6.13. The number of nitrogens with one attached hydrogen (secondary N) is 1. The van der Waals surface area contributed by atoms with Crippen molar-refractivity contribution in [2.75, 3.05) is 13.2 Å². The zero-order valence-electron chi connectivity index (χ0n) is 10.3. The van der Waals surface area contributed by atoms with Crippen molar-refractivity contribution in [3.8, 4) is 5.75 Å². The van der Waals surface area contributed by atoms with Crippen molar-refractivity contribution in [3.05, 3.63) is 29.3 Å². The van der Waals surface area contributed by atoms with E-state index in [1.54, 1.807) is 0 Å². The highest BCUT2D eigenvalue weighted by atomic mass is 16.5. The summed E-state index contributed by atoms with van der Waals surface area (Å²) in [7, 11) is 0. The largest absolute Gasteiger partial charge is 0.493 e. The second-order valence-corrected chi connectivity index (χ2v) is 5.06. The standard InChI is InChI=1S/C14H18N2O2/c15-14(17)12-8-10(4-6-16-12)11-3-1-2-9-5-7-18-13(9)11/h1-3,10,12,16H,4-8H2,(H2,15,17). The molecular weight excluding hydrogens is 228 g/mol. The molecule has 1 saturated heterocycles. The maximum absolute atomic E-state index is 11.3. The monoisotopic (exact) mass is 246 g/mol. The highest BCUT2D eigenvalue weighted by molar-refractivity contribution is 5.80. The van der Waals surface area contributed by atoms with Gasteiger partial charge in [0.2, 0.25) is 5.91 Å². The molecule has 2 atom stereocenters. The van der Waals surface area contributed by atoms with E-state index in [0.29, 0.717) is 5.92 Å². The molecule has 1 fully saturated rings. The maximum atomic E-state index is 11.3. The smallest absolute Gasteiger partial charge is 0.234 e. The molecule has 2 aliphatic heterocycles. The summed E-state index contributed by atoms with van der Waals surface area (Å²) in [4.78, 5) is 11.3. The van der Waals surface area contributed by atoms with Crippen LogP contribution < -0.4 is 15.8 Å². The first kappa shape index (κ1) is 11.5. The van der Waals surface area contributed by atoms with Gasteiger partial charge in [0.25, 0.3) is 0 Å². The third-order valence-electron chi connectivity index (χ3n) is 3.93. The number of ether oxygens (including phenoxy) is 1. The molecule has 1 amide bonds. The number of hydrogen-bond donors (Lipinski definition) is 2. The second-order valence-electron chi connectivity index (χ2n) is 5.06. The average molecular weight is 246 g/mol. The summed E-state index contributed by atoms with van der Waals surface area (Å²) in [6.45, 7) is 1.61. The Morgan fingerprint density at radius 3 is 3.17 bits per heavy atom. The lowest BCUT2D eigenvalue weighted by Gasteiger charge is -2.29. The van der Waals surface area contributed by atoms with Crippen molar-refractivity contribution in [3.63, 3.8) is 0 Å². The Balaban J connectivity index is 1.86. The molecule has 2 heterocycles. The quantitative estimate of drug-likeness (QED) is 0.816. The lowest BCUT2D eigenvalue weighted by Crippen LogP contribution is -2.46. The summed E-state index contributed by atoms with van der Waals surface area (Å²) in [5.41, 5.74) is 7.93. The van der Waals surface area contributed by atoms with Crippen LogP contribution in [0.5, 0.6) is 5.75 Å². The zero-order chi connectivity index (χ0) is 12.5. The lowest BCUT2D eigenvalue weighted by molar-refractivity contribution is -0.120. The number of primary amides is 1. The van der Waals surface area contributed by atoms with E-state index in [1.165, 1.54) is 11.1 Å². The zero-order valence-corrected chi connectivity index (χ0v) is 10.3. The lowest BCUT2D eigenvalue weighted by atomic mass is 9.85. The molecule has 0 aromatic heterocycles. The van der Waals surface area contributed by atoms with Gasteiger partial charge in [-0.15, -0.1) is 0 Å². The Kier molecular flexibility index (Phi) is 2.96. The minimum atomic E-state index is -0.256. The number of benzene rings is 1. The maximum Gasteiger partial charge on any atom is 0.234 e. The topological polar surface area (TPSA) is 64.4 Å². The minimum Gasteiger partial charge on any atom is -0.493 e.